The lowest BCUT2D eigenvalue weighted by atomic mass is 10.0. The van der Waals surface area contributed by atoms with E-state index in [1.165, 1.54) is 17.5 Å². The fourth-order valence-electron chi connectivity index (χ4n) is 2.36. The third-order valence-corrected chi connectivity index (χ3v) is 4.43. The van der Waals surface area contributed by atoms with Crippen molar-refractivity contribution in [3.63, 3.8) is 0 Å². The highest BCUT2D eigenvalue weighted by Crippen LogP contribution is 2.39. The maximum Gasteiger partial charge on any atom is 0.257 e. The van der Waals surface area contributed by atoms with Crippen molar-refractivity contribution in [2.24, 2.45) is 0 Å². The summed E-state index contributed by atoms with van der Waals surface area (Å²) in [7, 11) is 0. The lowest BCUT2D eigenvalue weighted by molar-refractivity contribution is 0.102. The molecule has 1 N–H and O–H groups in total. The molecule has 2 aromatic heterocycles. The van der Waals surface area contributed by atoms with Crippen LogP contribution >= 0.6 is 11.3 Å². The number of thiophene rings is 1. The minimum absolute atomic E-state index is 0.268. The molecule has 23 heavy (non-hydrogen) atoms. The van der Waals surface area contributed by atoms with Crippen LogP contribution in [0.4, 0.5) is 5.00 Å². The number of aryl methyl sites for hydroxylation is 1. The molecule has 112 valence electrons. The second kappa shape index (κ2) is 6.42. The quantitative estimate of drug-likeness (QED) is 0.785. The first-order chi connectivity index (χ1) is 11.2. The zero-order valence-electron chi connectivity index (χ0n) is 12.4. The Bertz CT molecular complexity index is 880. The minimum atomic E-state index is -0.268. The van der Waals surface area contributed by atoms with Gasteiger partial charge in [-0.25, -0.2) is 0 Å². The zero-order chi connectivity index (χ0) is 16.2. The molecule has 0 saturated heterocycles. The number of nitrogens with zero attached hydrogens (tertiary/aromatic N) is 2. The number of aromatic nitrogens is 1. The number of hydrogen-bond donors (Lipinski definition) is 1. The van der Waals surface area contributed by atoms with Crippen LogP contribution in [-0.2, 0) is 0 Å². The molecule has 0 spiro atoms. The molecular formula is C18H13N3OS. The van der Waals surface area contributed by atoms with E-state index in [1.54, 1.807) is 18.3 Å². The SMILES string of the molecule is Cc1sc(NC(=O)c2cccnc2)c(C#N)c1-c1ccccc1. The summed E-state index contributed by atoms with van der Waals surface area (Å²) in [6.45, 7) is 1.95. The Kier molecular flexibility index (Phi) is 4.18. The predicted molar refractivity (Wildman–Crippen MR) is 91.4 cm³/mol. The van der Waals surface area contributed by atoms with E-state index in [0.717, 1.165) is 16.0 Å². The topological polar surface area (TPSA) is 65.8 Å². The van der Waals surface area contributed by atoms with Gasteiger partial charge in [-0.2, -0.15) is 5.26 Å². The molecule has 5 heteroatoms. The summed E-state index contributed by atoms with van der Waals surface area (Å²) >= 11 is 1.41. The Labute approximate surface area is 138 Å². The highest BCUT2D eigenvalue weighted by atomic mass is 32.1. The molecule has 0 bridgehead atoms. The fraction of sp³-hybridized carbons (Fsp3) is 0.0556. The van der Waals surface area contributed by atoms with Gasteiger partial charge in [0.25, 0.3) is 5.91 Å². The molecule has 0 aliphatic rings. The first-order valence-electron chi connectivity index (χ1n) is 7.01. The van der Waals surface area contributed by atoms with E-state index in [2.05, 4.69) is 16.4 Å². The number of carbonyl (C=O) groups excluding carboxylic acids is 1. The van der Waals surface area contributed by atoms with Crippen LogP contribution in [-0.4, -0.2) is 10.9 Å². The molecule has 3 aromatic rings. The Hall–Kier alpha value is -2.97. The monoisotopic (exact) mass is 319 g/mol. The van der Waals surface area contributed by atoms with Gasteiger partial charge in [-0.3, -0.25) is 9.78 Å². The van der Waals surface area contributed by atoms with E-state index < -0.39 is 0 Å². The van der Waals surface area contributed by atoms with Crippen LogP contribution in [0.5, 0.6) is 0 Å². The van der Waals surface area contributed by atoms with E-state index in [4.69, 9.17) is 0 Å². The third kappa shape index (κ3) is 2.98. The van der Waals surface area contributed by atoms with Crippen molar-refractivity contribution in [3.8, 4) is 17.2 Å². The van der Waals surface area contributed by atoms with Gasteiger partial charge in [0.05, 0.1) is 11.1 Å². The molecule has 0 saturated carbocycles. The summed E-state index contributed by atoms with van der Waals surface area (Å²) in [4.78, 5) is 17.2. The Morgan fingerprint density at radius 3 is 2.65 bits per heavy atom. The normalized spacial score (nSPS) is 10.1. The smallest absolute Gasteiger partial charge is 0.257 e. The van der Waals surface area contributed by atoms with Crippen LogP contribution in [0, 0.1) is 18.3 Å². The minimum Gasteiger partial charge on any atom is -0.312 e. The molecule has 0 radical (unpaired) electrons. The average molecular weight is 319 g/mol. The second-order valence-corrected chi connectivity index (χ2v) is 6.14. The van der Waals surface area contributed by atoms with Crippen molar-refractivity contribution >= 4 is 22.2 Å². The zero-order valence-corrected chi connectivity index (χ0v) is 13.2. The van der Waals surface area contributed by atoms with Crippen molar-refractivity contribution in [1.82, 2.24) is 4.98 Å². The van der Waals surface area contributed by atoms with Gasteiger partial charge in [0.1, 0.15) is 11.1 Å². The molecular weight excluding hydrogens is 306 g/mol. The van der Waals surface area contributed by atoms with Gasteiger partial charge in [0.15, 0.2) is 0 Å². The summed E-state index contributed by atoms with van der Waals surface area (Å²) in [5.41, 5.74) is 2.80. The number of anilines is 1. The van der Waals surface area contributed by atoms with Crippen molar-refractivity contribution < 1.29 is 4.79 Å². The summed E-state index contributed by atoms with van der Waals surface area (Å²) in [5, 5.41) is 12.9. The first kappa shape index (κ1) is 14.9. The number of pyridine rings is 1. The molecule has 0 aliphatic heterocycles. The van der Waals surface area contributed by atoms with Gasteiger partial charge in [-0.15, -0.1) is 11.3 Å². The van der Waals surface area contributed by atoms with E-state index in [1.807, 2.05) is 37.3 Å². The molecule has 4 nitrogen and oxygen atoms in total. The van der Waals surface area contributed by atoms with E-state index in [0.29, 0.717) is 16.1 Å². The van der Waals surface area contributed by atoms with E-state index in [9.17, 15) is 10.1 Å². The van der Waals surface area contributed by atoms with Gasteiger partial charge < -0.3 is 5.32 Å². The summed E-state index contributed by atoms with van der Waals surface area (Å²) in [6.07, 6.45) is 3.11. The predicted octanol–water partition coefficient (Wildman–Crippen LogP) is 4.24. The van der Waals surface area contributed by atoms with Crippen molar-refractivity contribution in [1.29, 1.82) is 5.26 Å². The molecule has 1 aromatic carbocycles. The molecule has 1 amide bonds. The number of nitrogens with one attached hydrogen (secondary N) is 1. The lowest BCUT2D eigenvalue weighted by Gasteiger charge is -2.04. The van der Waals surface area contributed by atoms with Crippen molar-refractivity contribution in [2.75, 3.05) is 5.32 Å². The van der Waals surface area contributed by atoms with Gasteiger partial charge in [-0.1, -0.05) is 30.3 Å². The van der Waals surface area contributed by atoms with Crippen LogP contribution in [0.2, 0.25) is 0 Å². The Morgan fingerprint density at radius 1 is 1.22 bits per heavy atom. The van der Waals surface area contributed by atoms with Crippen molar-refractivity contribution in [3.05, 3.63) is 70.9 Å². The molecule has 2 heterocycles. The standard InChI is InChI=1S/C18H13N3OS/c1-12-16(13-6-3-2-4-7-13)15(10-19)18(23-12)21-17(22)14-8-5-9-20-11-14/h2-9,11H,1H3,(H,21,22). The van der Waals surface area contributed by atoms with Crippen LogP contribution in [0.1, 0.15) is 20.8 Å². The second-order valence-electron chi connectivity index (χ2n) is 4.91. The van der Waals surface area contributed by atoms with Crippen LogP contribution in [0.15, 0.2) is 54.9 Å². The molecule has 0 atom stereocenters. The average Bonchev–Trinajstić information content (AvgIpc) is 2.91. The molecule has 0 fully saturated rings. The maximum atomic E-state index is 12.3. The first-order valence-corrected chi connectivity index (χ1v) is 7.82. The summed E-state index contributed by atoms with van der Waals surface area (Å²) in [6, 6.07) is 15.3. The molecule has 0 aliphatic carbocycles. The number of nitriles is 1. The third-order valence-electron chi connectivity index (χ3n) is 3.41. The largest absolute Gasteiger partial charge is 0.312 e. The number of benzene rings is 1. The number of hydrogen-bond acceptors (Lipinski definition) is 4. The van der Waals surface area contributed by atoms with Crippen molar-refractivity contribution in [2.45, 2.75) is 6.92 Å². The summed E-state index contributed by atoms with van der Waals surface area (Å²) < 4.78 is 0. The highest BCUT2D eigenvalue weighted by Gasteiger charge is 2.19. The Morgan fingerprint density at radius 2 is 2.00 bits per heavy atom. The molecule has 3 rings (SSSR count). The summed E-state index contributed by atoms with van der Waals surface area (Å²) in [5.74, 6) is -0.268. The molecule has 0 unspecified atom stereocenters. The number of carbonyl (C=O) groups is 1. The van der Waals surface area contributed by atoms with Gasteiger partial charge >= 0.3 is 0 Å². The lowest BCUT2D eigenvalue weighted by Crippen LogP contribution is -2.11. The van der Waals surface area contributed by atoms with Gasteiger partial charge in [0.2, 0.25) is 0 Å². The van der Waals surface area contributed by atoms with Crippen LogP contribution < -0.4 is 5.32 Å². The van der Waals surface area contributed by atoms with E-state index >= 15 is 0 Å². The van der Waals surface area contributed by atoms with Crippen LogP contribution in [0.3, 0.4) is 0 Å². The number of rotatable bonds is 3. The number of amides is 1. The van der Waals surface area contributed by atoms with Crippen LogP contribution in [0.25, 0.3) is 11.1 Å². The van der Waals surface area contributed by atoms with Gasteiger partial charge in [-0.05, 0) is 24.6 Å². The highest BCUT2D eigenvalue weighted by molar-refractivity contribution is 7.17. The van der Waals surface area contributed by atoms with Gasteiger partial charge in [0, 0.05) is 22.8 Å². The van der Waals surface area contributed by atoms with E-state index in [-0.39, 0.29) is 5.91 Å². The Balaban J connectivity index is 1.99. The fourth-order valence-corrected chi connectivity index (χ4v) is 3.39. The maximum absolute atomic E-state index is 12.3.